The molecule has 0 aliphatic heterocycles. The molecule has 298 valence electrons. The van der Waals surface area contributed by atoms with Crippen molar-refractivity contribution in [2.45, 2.75) is 45.3 Å². The van der Waals surface area contributed by atoms with E-state index in [9.17, 15) is 9.59 Å². The van der Waals surface area contributed by atoms with Gasteiger partial charge in [0.05, 0.1) is 38.7 Å². The van der Waals surface area contributed by atoms with E-state index >= 15 is 0 Å². The molecule has 4 rings (SSSR count). The van der Waals surface area contributed by atoms with Crippen LogP contribution in [-0.2, 0) is 45.3 Å². The summed E-state index contributed by atoms with van der Waals surface area (Å²) in [5.74, 6) is 1.01. The first-order chi connectivity index (χ1) is 27.2. The molecular formula is C41H45Br4N5O6. The van der Waals surface area contributed by atoms with E-state index in [1.165, 1.54) is 0 Å². The zero-order valence-electron chi connectivity index (χ0n) is 31.2. The smallest absolute Gasteiger partial charge is 0.269 e. The standard InChI is InChI=1S/C41H45Br4N5O6/c1-53-38-32(42)20-30(21-33(38)43)24-36(49-55-26-28-12-5-3-6-13-28)41(52)48-18-10-9-16-46-17-11-19-47-40(50-56-27-29-14-7-4-8-15-29)37(51)25-31-22-34(44)39(54-2)35(45)23-31/h3-8,12-15,20-23,46H,9-11,16-19,24-27H2,1-2H3,(H,47,50)(H,48,52)/b49-36+. The predicted molar refractivity (Wildman–Crippen MR) is 234 cm³/mol. The Morgan fingerprint density at radius 1 is 0.643 bits per heavy atom. The molecule has 0 fully saturated rings. The number of oxime groups is 1. The number of carbonyl (C=O) groups is 2. The third kappa shape index (κ3) is 15.4. The average Bonchev–Trinajstić information content (AvgIpc) is 3.18. The molecule has 0 heterocycles. The van der Waals surface area contributed by atoms with E-state index in [-0.39, 0.29) is 49.3 Å². The van der Waals surface area contributed by atoms with Crippen LogP contribution in [0, 0.1) is 0 Å². The summed E-state index contributed by atoms with van der Waals surface area (Å²) in [7, 11) is 3.19. The Labute approximate surface area is 361 Å². The molecule has 0 radical (unpaired) electrons. The average molecular weight is 1020 g/mol. The predicted octanol–water partition coefficient (Wildman–Crippen LogP) is 8.68. The number of nitrogens with one attached hydrogen (secondary N) is 3. The normalized spacial score (nSPS) is 11.6. The second kappa shape index (κ2) is 24.9. The van der Waals surface area contributed by atoms with Crippen molar-refractivity contribution in [2.75, 3.05) is 40.4 Å². The molecule has 0 spiro atoms. The molecule has 4 aromatic carbocycles. The van der Waals surface area contributed by atoms with Gasteiger partial charge >= 0.3 is 0 Å². The van der Waals surface area contributed by atoms with E-state index in [1.54, 1.807) is 14.2 Å². The van der Waals surface area contributed by atoms with Crippen LogP contribution in [-0.4, -0.2) is 63.6 Å². The van der Waals surface area contributed by atoms with E-state index in [4.69, 9.17) is 19.1 Å². The monoisotopic (exact) mass is 1020 g/mol. The largest absolute Gasteiger partial charge is 0.494 e. The van der Waals surface area contributed by atoms with Crippen molar-refractivity contribution in [2.24, 2.45) is 10.1 Å². The van der Waals surface area contributed by atoms with Crippen molar-refractivity contribution < 1.29 is 28.7 Å². The van der Waals surface area contributed by atoms with Crippen LogP contribution in [0.15, 0.2) is 113 Å². The summed E-state index contributed by atoms with van der Waals surface area (Å²) >= 11 is 14.1. The third-order valence-electron chi connectivity index (χ3n) is 8.13. The lowest BCUT2D eigenvalue weighted by molar-refractivity contribution is -0.115. The van der Waals surface area contributed by atoms with Gasteiger partial charge in [-0.3, -0.25) is 19.4 Å². The number of rotatable bonds is 23. The highest BCUT2D eigenvalue weighted by molar-refractivity contribution is 9.11. The first-order valence-corrected chi connectivity index (χ1v) is 21.1. The topological polar surface area (TPSA) is 132 Å². The van der Waals surface area contributed by atoms with Crippen LogP contribution in [0.1, 0.15) is 41.5 Å². The van der Waals surface area contributed by atoms with Crippen molar-refractivity contribution in [3.63, 3.8) is 0 Å². The number of Topliss-reactive ketones (excluding diaryl/α,β-unsaturated/α-hetero) is 1. The Bertz CT molecular complexity index is 1890. The SMILES string of the molecule is COc1c(Br)cc(CC(=O)C(=NCCCNCCCCNC(=O)/C(Cc2cc(Br)c(OC)c(Br)c2)=N/OCc2ccccc2)NOCc2ccccc2)cc1Br. The van der Waals surface area contributed by atoms with Crippen molar-refractivity contribution in [1.29, 1.82) is 0 Å². The molecule has 0 unspecified atom stereocenters. The molecule has 0 bridgehead atoms. The minimum absolute atomic E-state index is 0.127. The van der Waals surface area contributed by atoms with Gasteiger partial charge in [-0.1, -0.05) is 65.8 Å². The van der Waals surface area contributed by atoms with E-state index in [0.29, 0.717) is 37.6 Å². The molecule has 11 nitrogen and oxygen atoms in total. The van der Waals surface area contributed by atoms with Crippen molar-refractivity contribution >= 4 is 87.0 Å². The van der Waals surface area contributed by atoms with Gasteiger partial charge in [-0.15, -0.1) is 0 Å². The van der Waals surface area contributed by atoms with Gasteiger partial charge in [-0.25, -0.2) is 5.48 Å². The first-order valence-electron chi connectivity index (χ1n) is 17.9. The zero-order valence-corrected chi connectivity index (χ0v) is 37.6. The van der Waals surface area contributed by atoms with Crippen molar-refractivity contribution in [1.82, 2.24) is 16.1 Å². The van der Waals surface area contributed by atoms with Gasteiger partial charge in [-0.2, -0.15) is 0 Å². The molecule has 15 heteroatoms. The number of nitrogens with zero attached hydrogens (tertiary/aromatic N) is 2. The van der Waals surface area contributed by atoms with E-state index in [1.807, 2.05) is 84.9 Å². The number of ketones is 1. The number of halogens is 4. The highest BCUT2D eigenvalue weighted by Crippen LogP contribution is 2.35. The van der Waals surface area contributed by atoms with Crippen molar-refractivity contribution in [3.8, 4) is 11.5 Å². The molecule has 3 N–H and O–H groups in total. The molecule has 0 aliphatic carbocycles. The van der Waals surface area contributed by atoms with E-state index in [0.717, 1.165) is 59.5 Å². The number of hydrogen-bond acceptors (Lipinski definition) is 9. The van der Waals surface area contributed by atoms with Crippen LogP contribution in [0.2, 0.25) is 0 Å². The number of methoxy groups -OCH3 is 2. The van der Waals surface area contributed by atoms with Gasteiger partial charge in [0.1, 0.15) is 23.8 Å². The summed E-state index contributed by atoms with van der Waals surface area (Å²) in [5, 5.41) is 10.6. The van der Waals surface area contributed by atoms with Crippen LogP contribution in [0.25, 0.3) is 0 Å². The van der Waals surface area contributed by atoms with E-state index in [2.05, 4.69) is 90.0 Å². The summed E-state index contributed by atoms with van der Waals surface area (Å²) in [6.07, 6.45) is 2.73. The molecule has 1 amide bonds. The Morgan fingerprint density at radius 3 is 1.73 bits per heavy atom. The lowest BCUT2D eigenvalue weighted by Crippen LogP contribution is -2.33. The number of hydroxylamine groups is 1. The Hall–Kier alpha value is -3.60. The van der Waals surface area contributed by atoms with Gasteiger partial charge in [0.15, 0.2) is 5.84 Å². The summed E-state index contributed by atoms with van der Waals surface area (Å²) in [5.41, 5.74) is 6.64. The quantitative estimate of drug-likeness (QED) is 0.0291. The third-order valence-corrected chi connectivity index (χ3v) is 10.5. The molecule has 56 heavy (non-hydrogen) atoms. The number of benzene rings is 4. The molecule has 4 aromatic rings. The minimum Gasteiger partial charge on any atom is -0.494 e. The Morgan fingerprint density at radius 2 is 1.16 bits per heavy atom. The van der Waals surface area contributed by atoms with E-state index < -0.39 is 0 Å². The molecular weight excluding hydrogens is 978 g/mol. The maximum Gasteiger partial charge on any atom is 0.269 e. The summed E-state index contributed by atoms with van der Waals surface area (Å²) < 4.78 is 13.8. The maximum absolute atomic E-state index is 13.3. The number of hydrogen-bond donors (Lipinski definition) is 3. The molecule has 0 saturated carbocycles. The summed E-state index contributed by atoms with van der Waals surface area (Å²) in [4.78, 5) is 42.4. The van der Waals surface area contributed by atoms with Gasteiger partial charge in [-0.05, 0) is 143 Å². The Balaban J connectivity index is 1.22. The number of carbonyl (C=O) groups excluding carboxylic acids is 2. The van der Waals surface area contributed by atoms with Crippen LogP contribution in [0.5, 0.6) is 11.5 Å². The van der Waals surface area contributed by atoms with Crippen molar-refractivity contribution in [3.05, 3.63) is 125 Å². The molecule has 0 aromatic heterocycles. The minimum atomic E-state index is -0.286. The number of ether oxygens (including phenoxy) is 2. The zero-order chi connectivity index (χ0) is 40.1. The van der Waals surface area contributed by atoms with Crippen LogP contribution < -0.4 is 25.6 Å². The maximum atomic E-state index is 13.3. The number of amidine groups is 1. The number of amides is 1. The first kappa shape index (κ1) is 45.1. The summed E-state index contributed by atoms with van der Waals surface area (Å²) in [6, 6.07) is 26.9. The number of aliphatic imine (C=N–C) groups is 1. The highest BCUT2D eigenvalue weighted by atomic mass is 79.9. The van der Waals surface area contributed by atoms with Gasteiger partial charge in [0.25, 0.3) is 5.91 Å². The lowest BCUT2D eigenvalue weighted by Gasteiger charge is -2.12. The second-order valence-corrected chi connectivity index (χ2v) is 15.8. The molecule has 0 aliphatic rings. The number of unbranched alkanes of at least 4 members (excludes halogenated alkanes) is 1. The fraction of sp³-hybridized carbons (Fsp3) is 0.317. The van der Waals surface area contributed by atoms with Gasteiger partial charge in [0.2, 0.25) is 5.78 Å². The fourth-order valence-corrected chi connectivity index (χ4v) is 8.54. The molecule has 0 saturated heterocycles. The van der Waals surface area contributed by atoms with Crippen LogP contribution in [0.4, 0.5) is 0 Å². The Kier molecular flexibility index (Phi) is 20.1. The molecule has 0 atom stereocenters. The highest BCUT2D eigenvalue weighted by Gasteiger charge is 2.18. The van der Waals surface area contributed by atoms with Gasteiger partial charge in [0, 0.05) is 25.9 Å². The van der Waals surface area contributed by atoms with Gasteiger partial charge < -0.3 is 24.9 Å². The second-order valence-electron chi connectivity index (χ2n) is 12.4. The van der Waals surface area contributed by atoms with Crippen LogP contribution >= 0.6 is 63.7 Å². The van der Waals surface area contributed by atoms with Crippen LogP contribution in [0.3, 0.4) is 0 Å². The lowest BCUT2D eigenvalue weighted by atomic mass is 10.1. The summed E-state index contributed by atoms with van der Waals surface area (Å²) in [6.45, 7) is 2.92. The fourth-order valence-electron chi connectivity index (χ4n) is 5.33.